The van der Waals surface area contributed by atoms with Crippen molar-refractivity contribution in [3.05, 3.63) is 64.1 Å². The van der Waals surface area contributed by atoms with Crippen LogP contribution in [-0.2, 0) is 11.2 Å². The standard InChI is InChI=1S/C16H14BrF2NO2/c17-13-9-12(18)5-6-15(13)22-10-16(21)20-8-7-11-3-1-2-4-14(11)19/h1-6,9H,7-8,10H2,(H,20,21). The second-order valence-corrected chi connectivity index (χ2v) is 5.41. The average molecular weight is 370 g/mol. The van der Waals surface area contributed by atoms with E-state index in [0.717, 1.165) is 0 Å². The van der Waals surface area contributed by atoms with Crippen molar-refractivity contribution in [2.75, 3.05) is 13.2 Å². The van der Waals surface area contributed by atoms with Crippen molar-refractivity contribution >= 4 is 21.8 Å². The van der Waals surface area contributed by atoms with E-state index in [0.29, 0.717) is 28.8 Å². The van der Waals surface area contributed by atoms with Crippen molar-refractivity contribution in [3.8, 4) is 5.75 Å². The third-order valence-electron chi connectivity index (χ3n) is 2.93. The highest BCUT2D eigenvalue weighted by Crippen LogP contribution is 2.25. The summed E-state index contributed by atoms with van der Waals surface area (Å²) in [6.45, 7) is 0.120. The lowest BCUT2D eigenvalue weighted by Gasteiger charge is -2.09. The third kappa shape index (κ3) is 4.80. The Kier molecular flexibility index (Phi) is 5.89. The lowest BCUT2D eigenvalue weighted by Crippen LogP contribution is -2.30. The van der Waals surface area contributed by atoms with Gasteiger partial charge in [-0.05, 0) is 52.2 Å². The van der Waals surface area contributed by atoms with Gasteiger partial charge in [0.2, 0.25) is 0 Å². The molecule has 0 saturated heterocycles. The molecule has 3 nitrogen and oxygen atoms in total. The Morgan fingerprint density at radius 3 is 2.68 bits per heavy atom. The molecule has 0 spiro atoms. The van der Waals surface area contributed by atoms with Crippen LogP contribution in [0.4, 0.5) is 8.78 Å². The predicted octanol–water partition coefficient (Wildman–Crippen LogP) is 3.47. The molecular formula is C16H14BrF2NO2. The minimum Gasteiger partial charge on any atom is -0.483 e. The second kappa shape index (κ2) is 7.89. The number of amides is 1. The van der Waals surface area contributed by atoms with E-state index in [4.69, 9.17) is 4.74 Å². The zero-order valence-corrected chi connectivity index (χ0v) is 13.2. The fraction of sp³-hybridized carbons (Fsp3) is 0.188. The van der Waals surface area contributed by atoms with E-state index in [2.05, 4.69) is 21.2 Å². The molecule has 0 heterocycles. The third-order valence-corrected chi connectivity index (χ3v) is 3.55. The first kappa shape index (κ1) is 16.4. The normalized spacial score (nSPS) is 10.3. The molecule has 0 saturated carbocycles. The number of carbonyl (C=O) groups is 1. The minimum atomic E-state index is -0.395. The van der Waals surface area contributed by atoms with Crippen LogP contribution in [-0.4, -0.2) is 19.1 Å². The Labute approximate surface area is 135 Å². The molecule has 6 heteroatoms. The molecule has 0 radical (unpaired) electrons. The number of carbonyl (C=O) groups excluding carboxylic acids is 1. The van der Waals surface area contributed by atoms with E-state index in [1.807, 2.05) is 0 Å². The minimum absolute atomic E-state index is 0.193. The van der Waals surface area contributed by atoms with Crippen molar-refractivity contribution < 1.29 is 18.3 Å². The highest BCUT2D eigenvalue weighted by atomic mass is 79.9. The quantitative estimate of drug-likeness (QED) is 0.846. The van der Waals surface area contributed by atoms with Crippen LogP contribution in [0.25, 0.3) is 0 Å². The first-order valence-corrected chi connectivity index (χ1v) is 7.43. The van der Waals surface area contributed by atoms with Gasteiger partial charge >= 0.3 is 0 Å². The summed E-state index contributed by atoms with van der Waals surface area (Å²) in [5.74, 6) is -0.630. The molecule has 0 atom stereocenters. The number of rotatable bonds is 6. The maximum Gasteiger partial charge on any atom is 0.257 e. The predicted molar refractivity (Wildman–Crippen MR) is 82.7 cm³/mol. The molecule has 116 valence electrons. The second-order valence-electron chi connectivity index (χ2n) is 4.55. The molecule has 0 fully saturated rings. The Hall–Kier alpha value is -1.95. The topological polar surface area (TPSA) is 38.3 Å². The first-order chi connectivity index (χ1) is 10.6. The van der Waals surface area contributed by atoms with E-state index < -0.39 is 5.82 Å². The molecular weight excluding hydrogens is 356 g/mol. The van der Waals surface area contributed by atoms with Crippen LogP contribution >= 0.6 is 15.9 Å². The highest BCUT2D eigenvalue weighted by Gasteiger charge is 2.07. The van der Waals surface area contributed by atoms with E-state index in [1.165, 1.54) is 24.3 Å². The van der Waals surface area contributed by atoms with Gasteiger partial charge in [0.15, 0.2) is 6.61 Å². The monoisotopic (exact) mass is 369 g/mol. The van der Waals surface area contributed by atoms with Crippen molar-refractivity contribution in [3.63, 3.8) is 0 Å². The van der Waals surface area contributed by atoms with E-state index in [-0.39, 0.29) is 18.3 Å². The number of nitrogens with one attached hydrogen (secondary N) is 1. The summed E-state index contributed by atoms with van der Waals surface area (Å²) in [5, 5.41) is 2.64. The summed E-state index contributed by atoms with van der Waals surface area (Å²) in [7, 11) is 0. The molecule has 2 aromatic carbocycles. The van der Waals surface area contributed by atoms with E-state index >= 15 is 0 Å². The average Bonchev–Trinajstić information content (AvgIpc) is 2.48. The van der Waals surface area contributed by atoms with E-state index in [1.54, 1.807) is 18.2 Å². The molecule has 22 heavy (non-hydrogen) atoms. The van der Waals surface area contributed by atoms with Crippen molar-refractivity contribution in [2.45, 2.75) is 6.42 Å². The largest absolute Gasteiger partial charge is 0.483 e. The molecule has 0 unspecified atom stereocenters. The molecule has 0 aromatic heterocycles. The summed E-state index contributed by atoms with van der Waals surface area (Å²) in [6, 6.07) is 10.4. The zero-order chi connectivity index (χ0) is 15.9. The van der Waals surface area contributed by atoms with Gasteiger partial charge in [-0.3, -0.25) is 4.79 Å². The lowest BCUT2D eigenvalue weighted by atomic mass is 10.1. The summed E-state index contributed by atoms with van der Waals surface area (Å²) < 4.78 is 32.0. The lowest BCUT2D eigenvalue weighted by molar-refractivity contribution is -0.123. The van der Waals surface area contributed by atoms with Gasteiger partial charge in [-0.1, -0.05) is 18.2 Å². The number of halogens is 3. The summed E-state index contributed by atoms with van der Waals surface area (Å²) in [5.41, 5.74) is 0.546. The fourth-order valence-electron chi connectivity index (χ4n) is 1.82. The van der Waals surface area contributed by atoms with Crippen molar-refractivity contribution in [1.82, 2.24) is 5.32 Å². The Balaban J connectivity index is 1.75. The van der Waals surface area contributed by atoms with Gasteiger partial charge in [-0.25, -0.2) is 8.78 Å². The van der Waals surface area contributed by atoms with Crippen LogP contribution in [0.3, 0.4) is 0 Å². The maximum atomic E-state index is 13.4. The number of benzene rings is 2. The molecule has 0 aliphatic carbocycles. The Bertz CT molecular complexity index is 664. The zero-order valence-electron chi connectivity index (χ0n) is 11.6. The van der Waals surface area contributed by atoms with Crippen molar-refractivity contribution in [1.29, 1.82) is 0 Å². The number of ether oxygens (including phenoxy) is 1. The van der Waals surface area contributed by atoms with Gasteiger partial charge in [0.05, 0.1) is 4.47 Å². The van der Waals surface area contributed by atoms with E-state index in [9.17, 15) is 13.6 Å². The molecule has 2 aromatic rings. The molecule has 0 bridgehead atoms. The Morgan fingerprint density at radius 2 is 1.95 bits per heavy atom. The number of hydrogen-bond donors (Lipinski definition) is 1. The summed E-state index contributed by atoms with van der Waals surface area (Å²) in [6.07, 6.45) is 0.401. The van der Waals surface area contributed by atoms with Crippen LogP contribution in [0.1, 0.15) is 5.56 Å². The van der Waals surface area contributed by atoms with Gasteiger partial charge in [-0.2, -0.15) is 0 Å². The molecule has 2 rings (SSSR count). The van der Waals surface area contributed by atoms with Gasteiger partial charge < -0.3 is 10.1 Å². The number of hydrogen-bond acceptors (Lipinski definition) is 2. The van der Waals surface area contributed by atoms with Gasteiger partial charge in [-0.15, -0.1) is 0 Å². The molecule has 1 amide bonds. The van der Waals surface area contributed by atoms with Gasteiger partial charge in [0, 0.05) is 6.54 Å². The molecule has 1 N–H and O–H groups in total. The molecule has 0 aliphatic rings. The SMILES string of the molecule is O=C(COc1ccc(F)cc1Br)NCCc1ccccc1F. The Morgan fingerprint density at radius 1 is 1.18 bits per heavy atom. The summed E-state index contributed by atoms with van der Waals surface area (Å²) in [4.78, 5) is 11.7. The molecule has 0 aliphatic heterocycles. The van der Waals surface area contributed by atoms with Gasteiger partial charge in [0.1, 0.15) is 17.4 Å². The van der Waals surface area contributed by atoms with Crippen LogP contribution < -0.4 is 10.1 Å². The summed E-state index contributed by atoms with van der Waals surface area (Å²) >= 11 is 3.15. The van der Waals surface area contributed by atoms with Crippen molar-refractivity contribution in [2.24, 2.45) is 0 Å². The smallest absolute Gasteiger partial charge is 0.257 e. The first-order valence-electron chi connectivity index (χ1n) is 6.64. The fourth-order valence-corrected chi connectivity index (χ4v) is 2.29. The van der Waals surface area contributed by atoms with Gasteiger partial charge in [0.25, 0.3) is 5.91 Å². The highest BCUT2D eigenvalue weighted by molar-refractivity contribution is 9.10. The van der Waals surface area contributed by atoms with Crippen LogP contribution in [0.15, 0.2) is 46.9 Å². The van der Waals surface area contributed by atoms with Crippen LogP contribution in [0, 0.1) is 11.6 Å². The maximum absolute atomic E-state index is 13.4. The van der Waals surface area contributed by atoms with Crippen LogP contribution in [0.5, 0.6) is 5.75 Å². The van der Waals surface area contributed by atoms with Crippen LogP contribution in [0.2, 0.25) is 0 Å².